The van der Waals surface area contributed by atoms with Gasteiger partial charge in [0.05, 0.1) is 6.61 Å². The lowest BCUT2D eigenvalue weighted by Crippen LogP contribution is -2.51. The summed E-state index contributed by atoms with van der Waals surface area (Å²) in [6.07, 6.45) is 8.29. The van der Waals surface area contributed by atoms with E-state index in [1.807, 2.05) is 16.7 Å². The molecule has 2 atom stereocenters. The van der Waals surface area contributed by atoms with Crippen LogP contribution in [0.25, 0.3) is 16.6 Å². The van der Waals surface area contributed by atoms with E-state index in [1.165, 1.54) is 23.1 Å². The Hall–Kier alpha value is -3.07. The summed E-state index contributed by atoms with van der Waals surface area (Å²) >= 11 is 0. The quantitative estimate of drug-likeness (QED) is 0.356. The lowest BCUT2D eigenvalue weighted by Gasteiger charge is -2.39. The predicted molar refractivity (Wildman–Crippen MR) is 131 cm³/mol. The number of hydrogen-bond donors (Lipinski definition) is 3. The molecule has 0 spiro atoms. The minimum absolute atomic E-state index is 0.0240. The number of piperazine rings is 1. The van der Waals surface area contributed by atoms with Crippen molar-refractivity contribution in [3.05, 3.63) is 78.3 Å². The normalized spacial score (nSPS) is 16.6. The molecule has 5 rings (SSSR count). The standard InChI is InChI=1S/C26H31FN6O/c27-21-6-4-19(5-7-21)23(26(16-34)32-12-10-28-11-13-32)3-1-2-20-15-29-25-9-8-22(14-24(20)25)33-17-30-31-18-33/h4-9,14-15,17-18,23,26,28-29,34H,1-3,10-13,16H2. The van der Waals surface area contributed by atoms with E-state index in [2.05, 4.69) is 49.8 Å². The van der Waals surface area contributed by atoms with Crippen LogP contribution in [0.4, 0.5) is 4.39 Å². The summed E-state index contributed by atoms with van der Waals surface area (Å²) in [4.78, 5) is 5.76. The monoisotopic (exact) mass is 462 g/mol. The summed E-state index contributed by atoms with van der Waals surface area (Å²) < 4.78 is 15.5. The van der Waals surface area contributed by atoms with Crippen LogP contribution >= 0.6 is 0 Å². The molecule has 0 aliphatic carbocycles. The highest BCUT2D eigenvalue weighted by atomic mass is 19.1. The smallest absolute Gasteiger partial charge is 0.123 e. The van der Waals surface area contributed by atoms with E-state index in [0.717, 1.165) is 62.2 Å². The topological polar surface area (TPSA) is 82.0 Å². The molecule has 2 aromatic heterocycles. The van der Waals surface area contributed by atoms with Gasteiger partial charge in [0.15, 0.2) is 0 Å². The van der Waals surface area contributed by atoms with Crippen molar-refractivity contribution in [2.24, 2.45) is 0 Å². The number of hydrogen-bond acceptors (Lipinski definition) is 5. The number of nitrogens with one attached hydrogen (secondary N) is 2. The number of aryl methyl sites for hydroxylation is 1. The molecule has 34 heavy (non-hydrogen) atoms. The van der Waals surface area contributed by atoms with E-state index < -0.39 is 0 Å². The number of fused-ring (bicyclic) bond motifs is 1. The van der Waals surface area contributed by atoms with Crippen molar-refractivity contribution < 1.29 is 9.50 Å². The van der Waals surface area contributed by atoms with Crippen molar-refractivity contribution in [3.63, 3.8) is 0 Å². The lowest BCUT2D eigenvalue weighted by molar-refractivity contribution is 0.0885. The first-order valence-corrected chi connectivity index (χ1v) is 12.0. The highest BCUT2D eigenvalue weighted by molar-refractivity contribution is 5.85. The van der Waals surface area contributed by atoms with Gasteiger partial charge in [-0.1, -0.05) is 12.1 Å². The zero-order valence-corrected chi connectivity index (χ0v) is 19.2. The molecule has 178 valence electrons. The Bertz CT molecular complexity index is 1180. The number of aromatic amines is 1. The first-order chi connectivity index (χ1) is 16.7. The first-order valence-electron chi connectivity index (χ1n) is 12.0. The van der Waals surface area contributed by atoms with E-state index in [9.17, 15) is 9.50 Å². The van der Waals surface area contributed by atoms with Gasteiger partial charge >= 0.3 is 0 Å². The van der Waals surface area contributed by atoms with Crippen LogP contribution in [0.1, 0.15) is 29.9 Å². The van der Waals surface area contributed by atoms with Crippen LogP contribution in [0.3, 0.4) is 0 Å². The molecule has 3 N–H and O–H groups in total. The third-order valence-corrected chi connectivity index (χ3v) is 7.00. The average Bonchev–Trinajstić information content (AvgIpc) is 3.55. The molecule has 2 aromatic carbocycles. The average molecular weight is 463 g/mol. The molecule has 1 aliphatic rings. The summed E-state index contributed by atoms with van der Waals surface area (Å²) in [5, 5.41) is 22.8. The Morgan fingerprint density at radius 2 is 1.79 bits per heavy atom. The first kappa shape index (κ1) is 22.7. The molecule has 1 saturated heterocycles. The van der Waals surface area contributed by atoms with E-state index in [-0.39, 0.29) is 24.4 Å². The Balaban J connectivity index is 1.34. The second-order valence-electron chi connectivity index (χ2n) is 9.00. The number of aliphatic hydroxyl groups excluding tert-OH is 1. The summed E-state index contributed by atoms with van der Waals surface area (Å²) in [7, 11) is 0. The van der Waals surface area contributed by atoms with Crippen LogP contribution in [0.5, 0.6) is 0 Å². The maximum absolute atomic E-state index is 13.6. The molecule has 0 saturated carbocycles. The fraction of sp³-hybridized carbons (Fsp3) is 0.385. The fourth-order valence-electron chi connectivity index (χ4n) is 5.18. The Morgan fingerprint density at radius 3 is 2.53 bits per heavy atom. The van der Waals surface area contributed by atoms with Crippen LogP contribution in [-0.2, 0) is 6.42 Å². The summed E-state index contributed by atoms with van der Waals surface area (Å²) in [5.41, 5.74) is 4.50. The molecule has 0 bridgehead atoms. The van der Waals surface area contributed by atoms with Crippen molar-refractivity contribution >= 4 is 10.9 Å². The second kappa shape index (κ2) is 10.5. The van der Waals surface area contributed by atoms with Crippen molar-refractivity contribution in [1.82, 2.24) is 30.0 Å². The van der Waals surface area contributed by atoms with Crippen molar-refractivity contribution in [3.8, 4) is 5.69 Å². The molecule has 7 nitrogen and oxygen atoms in total. The number of benzene rings is 2. The fourth-order valence-corrected chi connectivity index (χ4v) is 5.18. The van der Waals surface area contributed by atoms with Gasteiger partial charge in [0.25, 0.3) is 0 Å². The summed E-state index contributed by atoms with van der Waals surface area (Å²) in [5.74, 6) is -0.0885. The molecular formula is C26H31FN6O. The number of rotatable bonds is 9. The van der Waals surface area contributed by atoms with Crippen molar-refractivity contribution in [2.75, 3.05) is 32.8 Å². The van der Waals surface area contributed by atoms with Crippen molar-refractivity contribution in [1.29, 1.82) is 0 Å². The zero-order valence-electron chi connectivity index (χ0n) is 19.2. The Kier molecular flexibility index (Phi) is 6.99. The Morgan fingerprint density at radius 1 is 1.03 bits per heavy atom. The number of nitrogens with zero attached hydrogens (tertiary/aromatic N) is 4. The van der Waals surface area contributed by atoms with Crippen LogP contribution in [-0.4, -0.2) is 68.6 Å². The van der Waals surface area contributed by atoms with Gasteiger partial charge in [-0.15, -0.1) is 10.2 Å². The summed E-state index contributed by atoms with van der Waals surface area (Å²) in [6.45, 7) is 3.78. The number of aromatic nitrogens is 4. The zero-order chi connectivity index (χ0) is 23.3. The SMILES string of the molecule is OCC(C(CCCc1c[nH]c2ccc(-n3cnnc3)cc12)c1ccc(F)cc1)N1CCNCC1. The van der Waals surface area contributed by atoms with Crippen LogP contribution in [0, 0.1) is 5.82 Å². The molecule has 0 radical (unpaired) electrons. The molecular weight excluding hydrogens is 431 g/mol. The highest BCUT2D eigenvalue weighted by Gasteiger charge is 2.29. The van der Waals surface area contributed by atoms with Gasteiger partial charge in [0.2, 0.25) is 0 Å². The van der Waals surface area contributed by atoms with Crippen LogP contribution < -0.4 is 5.32 Å². The van der Waals surface area contributed by atoms with Gasteiger partial charge in [-0.05, 0) is 60.7 Å². The van der Waals surface area contributed by atoms with Crippen molar-refractivity contribution in [2.45, 2.75) is 31.2 Å². The van der Waals surface area contributed by atoms with Gasteiger partial charge in [0.1, 0.15) is 18.5 Å². The van der Waals surface area contributed by atoms with E-state index >= 15 is 0 Å². The van der Waals surface area contributed by atoms with Gasteiger partial charge in [-0.3, -0.25) is 9.47 Å². The third-order valence-electron chi connectivity index (χ3n) is 7.00. The molecule has 3 heterocycles. The maximum atomic E-state index is 13.6. The molecule has 1 fully saturated rings. The van der Waals surface area contributed by atoms with Gasteiger partial charge in [0, 0.05) is 60.9 Å². The number of halogens is 1. The van der Waals surface area contributed by atoms with E-state index in [1.54, 1.807) is 12.7 Å². The van der Waals surface area contributed by atoms with E-state index in [4.69, 9.17) is 0 Å². The third kappa shape index (κ3) is 4.89. The van der Waals surface area contributed by atoms with Gasteiger partial charge in [-0.2, -0.15) is 0 Å². The maximum Gasteiger partial charge on any atom is 0.123 e. The lowest BCUT2D eigenvalue weighted by atomic mass is 9.85. The van der Waals surface area contributed by atoms with E-state index in [0.29, 0.717) is 0 Å². The molecule has 8 heteroatoms. The number of aliphatic hydroxyl groups is 1. The molecule has 0 amide bonds. The van der Waals surface area contributed by atoms with Crippen LogP contribution in [0.15, 0.2) is 61.3 Å². The minimum Gasteiger partial charge on any atom is -0.395 e. The largest absolute Gasteiger partial charge is 0.395 e. The molecule has 4 aromatic rings. The molecule has 1 aliphatic heterocycles. The minimum atomic E-state index is -0.229. The Labute approximate surface area is 198 Å². The summed E-state index contributed by atoms with van der Waals surface area (Å²) in [6, 6.07) is 13.1. The highest BCUT2D eigenvalue weighted by Crippen LogP contribution is 2.31. The van der Waals surface area contributed by atoms with Gasteiger partial charge < -0.3 is 15.4 Å². The van der Waals surface area contributed by atoms with Gasteiger partial charge in [-0.25, -0.2) is 4.39 Å². The molecule has 2 unspecified atom stereocenters. The second-order valence-corrected chi connectivity index (χ2v) is 9.00. The number of H-pyrrole nitrogens is 1. The van der Waals surface area contributed by atoms with Crippen LogP contribution in [0.2, 0.25) is 0 Å². The predicted octanol–water partition coefficient (Wildman–Crippen LogP) is 3.26.